The predicted molar refractivity (Wildman–Crippen MR) is 63.6 cm³/mol. The van der Waals surface area contributed by atoms with Crippen LogP contribution in [0.4, 0.5) is 5.69 Å². The number of benzene rings is 1. The number of H-pyrrole nitrogens is 1. The van der Waals surface area contributed by atoms with Gasteiger partial charge in [-0.3, -0.25) is 9.52 Å². The Bertz CT molecular complexity index is 647. The zero-order chi connectivity index (χ0) is 13.2. The van der Waals surface area contributed by atoms with Gasteiger partial charge in [0, 0.05) is 11.3 Å². The molecule has 0 radical (unpaired) electrons. The summed E-state index contributed by atoms with van der Waals surface area (Å²) in [6.07, 6.45) is 1.10. The Balaban J connectivity index is 2.22. The number of rotatable bonds is 4. The molecule has 7 nitrogen and oxygen atoms in total. The van der Waals surface area contributed by atoms with E-state index in [0.29, 0.717) is 11.3 Å². The minimum Gasteiger partial charge on any atom is -0.295 e. The lowest BCUT2D eigenvalue weighted by Gasteiger charge is -2.05. The average molecular weight is 266 g/mol. The summed E-state index contributed by atoms with van der Waals surface area (Å²) in [5.74, 6) is -0.0837. The molecule has 1 aromatic heterocycles. The maximum atomic E-state index is 11.8. The first kappa shape index (κ1) is 12.2. The smallest absolute Gasteiger partial charge is 0.295 e. The summed E-state index contributed by atoms with van der Waals surface area (Å²) in [6, 6.07) is 6.09. The van der Waals surface area contributed by atoms with Crippen LogP contribution in [0.5, 0.6) is 0 Å². The molecular formula is C10H10N4O3S. The van der Waals surface area contributed by atoms with Gasteiger partial charge < -0.3 is 0 Å². The van der Waals surface area contributed by atoms with Crippen LogP contribution in [0, 0.1) is 0 Å². The van der Waals surface area contributed by atoms with Gasteiger partial charge >= 0.3 is 0 Å². The highest BCUT2D eigenvalue weighted by Gasteiger charge is 2.17. The Morgan fingerprint density at radius 1 is 1.28 bits per heavy atom. The van der Waals surface area contributed by atoms with Crippen molar-refractivity contribution in [1.82, 2.24) is 15.2 Å². The van der Waals surface area contributed by atoms with Gasteiger partial charge in [-0.1, -0.05) is 0 Å². The first-order valence-electron chi connectivity index (χ1n) is 4.98. The fourth-order valence-electron chi connectivity index (χ4n) is 1.30. The van der Waals surface area contributed by atoms with Crippen LogP contribution >= 0.6 is 0 Å². The Morgan fingerprint density at radius 3 is 2.44 bits per heavy atom. The Kier molecular flexibility index (Phi) is 3.11. The van der Waals surface area contributed by atoms with E-state index in [2.05, 4.69) is 19.9 Å². The van der Waals surface area contributed by atoms with E-state index in [9.17, 15) is 13.2 Å². The fraction of sp³-hybridized carbons (Fsp3) is 0.100. The molecule has 0 atom stereocenters. The first-order valence-corrected chi connectivity index (χ1v) is 6.46. The molecule has 0 bridgehead atoms. The highest BCUT2D eigenvalue weighted by Crippen LogP contribution is 2.14. The molecule has 0 saturated heterocycles. The van der Waals surface area contributed by atoms with Gasteiger partial charge in [-0.15, -0.1) is 0 Å². The number of aromatic amines is 1. The molecule has 0 saturated carbocycles. The van der Waals surface area contributed by atoms with E-state index in [1.54, 1.807) is 12.1 Å². The van der Waals surface area contributed by atoms with Crippen molar-refractivity contribution in [3.8, 4) is 0 Å². The summed E-state index contributed by atoms with van der Waals surface area (Å²) in [7, 11) is -3.77. The molecule has 2 N–H and O–H groups in total. The summed E-state index contributed by atoms with van der Waals surface area (Å²) < 4.78 is 25.9. The van der Waals surface area contributed by atoms with Crippen molar-refractivity contribution in [3.05, 3.63) is 36.2 Å². The number of sulfonamides is 1. The second kappa shape index (κ2) is 4.57. The fourth-order valence-corrected chi connectivity index (χ4v) is 2.20. The van der Waals surface area contributed by atoms with E-state index in [0.717, 1.165) is 6.33 Å². The van der Waals surface area contributed by atoms with E-state index in [1.165, 1.54) is 19.1 Å². The Morgan fingerprint density at radius 2 is 1.94 bits per heavy atom. The molecular weight excluding hydrogens is 256 g/mol. The third-order valence-electron chi connectivity index (χ3n) is 2.19. The van der Waals surface area contributed by atoms with Crippen LogP contribution < -0.4 is 4.72 Å². The van der Waals surface area contributed by atoms with Gasteiger partial charge in [0.2, 0.25) is 0 Å². The molecule has 1 heterocycles. The molecule has 94 valence electrons. The highest BCUT2D eigenvalue weighted by atomic mass is 32.2. The van der Waals surface area contributed by atoms with Crippen LogP contribution in [-0.2, 0) is 10.0 Å². The van der Waals surface area contributed by atoms with Gasteiger partial charge in [0.05, 0.1) is 0 Å². The lowest BCUT2D eigenvalue weighted by molar-refractivity contribution is 0.101. The minimum atomic E-state index is -3.77. The highest BCUT2D eigenvalue weighted by molar-refractivity contribution is 7.92. The molecule has 2 rings (SSSR count). The third-order valence-corrected chi connectivity index (χ3v) is 3.40. The minimum absolute atomic E-state index is 0.0837. The maximum absolute atomic E-state index is 11.8. The van der Waals surface area contributed by atoms with Crippen LogP contribution in [0.15, 0.2) is 35.7 Å². The number of nitrogens with one attached hydrogen (secondary N) is 2. The number of carbonyl (C=O) groups excluding carboxylic acids is 1. The first-order chi connectivity index (χ1) is 8.49. The van der Waals surface area contributed by atoms with Crippen LogP contribution in [-0.4, -0.2) is 29.4 Å². The second-order valence-electron chi connectivity index (χ2n) is 3.53. The molecule has 18 heavy (non-hydrogen) atoms. The van der Waals surface area contributed by atoms with Gasteiger partial charge in [-0.25, -0.2) is 10.1 Å². The number of nitrogens with zero attached hydrogens (tertiary/aromatic N) is 2. The molecule has 8 heteroatoms. The largest absolute Gasteiger partial charge is 0.297 e. The SMILES string of the molecule is CC(=O)c1ccc(NS(=O)(=O)c2ncn[nH]2)cc1. The standard InChI is InChI=1S/C10H10N4O3S/c1-7(15)8-2-4-9(5-3-8)14-18(16,17)10-11-6-12-13-10/h2-6,14H,1H3,(H,11,12,13). The van der Waals surface area contributed by atoms with Crippen LogP contribution in [0.3, 0.4) is 0 Å². The van der Waals surface area contributed by atoms with Crippen molar-refractivity contribution in [3.63, 3.8) is 0 Å². The summed E-state index contributed by atoms with van der Waals surface area (Å²) in [5, 5.41) is 5.46. The molecule has 0 aliphatic carbocycles. The summed E-state index contributed by atoms with van der Waals surface area (Å²) in [4.78, 5) is 14.6. The van der Waals surface area contributed by atoms with E-state index in [1.807, 2.05) is 0 Å². The van der Waals surface area contributed by atoms with Crippen molar-refractivity contribution >= 4 is 21.5 Å². The molecule has 0 aliphatic heterocycles. The number of hydrogen-bond donors (Lipinski definition) is 2. The van der Waals surface area contributed by atoms with E-state index < -0.39 is 10.0 Å². The average Bonchev–Trinajstić information content (AvgIpc) is 2.83. The normalized spacial score (nSPS) is 11.2. The van der Waals surface area contributed by atoms with E-state index in [4.69, 9.17) is 0 Å². The van der Waals surface area contributed by atoms with Gasteiger partial charge in [-0.2, -0.15) is 13.5 Å². The van der Waals surface area contributed by atoms with Crippen molar-refractivity contribution in [2.24, 2.45) is 0 Å². The molecule has 0 amide bonds. The van der Waals surface area contributed by atoms with Crippen molar-refractivity contribution in [1.29, 1.82) is 0 Å². The lowest BCUT2D eigenvalue weighted by Crippen LogP contribution is -2.14. The molecule has 0 spiro atoms. The van der Waals surface area contributed by atoms with Crippen molar-refractivity contribution in [2.75, 3.05) is 4.72 Å². The van der Waals surface area contributed by atoms with Crippen LogP contribution in [0.1, 0.15) is 17.3 Å². The number of aromatic nitrogens is 3. The van der Waals surface area contributed by atoms with Crippen molar-refractivity contribution < 1.29 is 13.2 Å². The zero-order valence-corrected chi connectivity index (χ0v) is 10.2. The summed E-state index contributed by atoms with van der Waals surface area (Å²) in [5.41, 5.74) is 0.856. The van der Waals surface area contributed by atoms with Gasteiger partial charge in [0.15, 0.2) is 5.78 Å². The van der Waals surface area contributed by atoms with Gasteiger partial charge in [0.1, 0.15) is 6.33 Å². The zero-order valence-electron chi connectivity index (χ0n) is 9.41. The lowest BCUT2D eigenvalue weighted by atomic mass is 10.1. The number of carbonyl (C=O) groups is 1. The van der Waals surface area contributed by atoms with Crippen LogP contribution in [0.2, 0.25) is 0 Å². The summed E-state index contributed by atoms with van der Waals surface area (Å²) in [6.45, 7) is 1.44. The Labute approximate surface area is 103 Å². The molecule has 2 aromatic rings. The quantitative estimate of drug-likeness (QED) is 0.797. The summed E-state index contributed by atoms with van der Waals surface area (Å²) >= 11 is 0. The number of ketones is 1. The monoisotopic (exact) mass is 266 g/mol. The predicted octanol–water partition coefficient (Wildman–Crippen LogP) is 0.808. The van der Waals surface area contributed by atoms with Gasteiger partial charge in [0.25, 0.3) is 15.2 Å². The van der Waals surface area contributed by atoms with Gasteiger partial charge in [-0.05, 0) is 31.2 Å². The molecule has 0 fully saturated rings. The van der Waals surface area contributed by atoms with Crippen LogP contribution in [0.25, 0.3) is 0 Å². The number of hydrogen-bond acceptors (Lipinski definition) is 5. The van der Waals surface area contributed by atoms with E-state index >= 15 is 0 Å². The van der Waals surface area contributed by atoms with E-state index in [-0.39, 0.29) is 10.9 Å². The van der Waals surface area contributed by atoms with Crippen molar-refractivity contribution in [2.45, 2.75) is 12.1 Å². The number of Topliss-reactive ketones (excluding diaryl/α,β-unsaturated/α-hetero) is 1. The Hall–Kier alpha value is -2.22. The number of anilines is 1. The third kappa shape index (κ3) is 2.54. The molecule has 0 aliphatic rings. The molecule has 0 unspecified atom stereocenters. The second-order valence-corrected chi connectivity index (χ2v) is 5.13. The molecule has 1 aromatic carbocycles. The topological polar surface area (TPSA) is 105 Å². The maximum Gasteiger partial charge on any atom is 0.297 e.